The molecule has 0 unspecified atom stereocenters. The molecule has 152 valence electrons. The molecular formula is C24H20BrNO4. The number of carbonyl (C=O) groups excluding carboxylic acids is 3. The Balaban J connectivity index is 1.64. The Hall–Kier alpha value is -3.25. The molecule has 0 saturated carbocycles. The highest BCUT2D eigenvalue weighted by atomic mass is 79.9. The molecule has 1 amide bonds. The summed E-state index contributed by atoms with van der Waals surface area (Å²) in [6.45, 7) is -0.00747. The number of carbonyl (C=O) groups is 3. The van der Waals surface area contributed by atoms with E-state index in [2.05, 4.69) is 15.9 Å². The third-order valence-electron chi connectivity index (χ3n) is 4.51. The molecule has 5 nitrogen and oxygen atoms in total. The lowest BCUT2D eigenvalue weighted by atomic mass is 9.98. The first kappa shape index (κ1) is 21.5. The van der Waals surface area contributed by atoms with Crippen LogP contribution in [0.1, 0.15) is 31.8 Å². The topological polar surface area (TPSA) is 63.7 Å². The number of likely N-dealkylation sites (N-methyl/N-ethyl adjacent to an activating group) is 1. The molecule has 0 fully saturated rings. The summed E-state index contributed by atoms with van der Waals surface area (Å²) in [5.74, 6) is -1.32. The number of nitrogens with zero attached hydrogens (tertiary/aromatic N) is 1. The quantitative estimate of drug-likeness (QED) is 0.380. The normalized spacial score (nSPS) is 10.3. The molecule has 0 spiro atoms. The number of amides is 1. The summed E-state index contributed by atoms with van der Waals surface area (Å²) < 4.78 is 6.16. The van der Waals surface area contributed by atoms with E-state index < -0.39 is 12.6 Å². The lowest BCUT2D eigenvalue weighted by Crippen LogP contribution is -2.31. The number of esters is 1. The van der Waals surface area contributed by atoms with Gasteiger partial charge in [-0.3, -0.25) is 9.59 Å². The van der Waals surface area contributed by atoms with Gasteiger partial charge in [-0.25, -0.2) is 4.79 Å². The number of hydrogen-bond acceptors (Lipinski definition) is 4. The molecule has 3 aromatic carbocycles. The predicted octanol–water partition coefficient (Wildman–Crippen LogP) is 4.50. The van der Waals surface area contributed by atoms with E-state index in [1.54, 1.807) is 49.5 Å². The third kappa shape index (κ3) is 5.42. The lowest BCUT2D eigenvalue weighted by molar-refractivity contribution is -0.133. The van der Waals surface area contributed by atoms with E-state index in [-0.39, 0.29) is 22.8 Å². The molecule has 0 saturated heterocycles. The minimum absolute atomic E-state index is 0.134. The number of rotatable bonds is 7. The smallest absolute Gasteiger partial charge is 0.339 e. The maximum absolute atomic E-state index is 12.8. The summed E-state index contributed by atoms with van der Waals surface area (Å²) >= 11 is 3.37. The zero-order valence-electron chi connectivity index (χ0n) is 16.4. The molecule has 0 radical (unpaired) electrons. The van der Waals surface area contributed by atoms with Crippen molar-refractivity contribution in [2.24, 2.45) is 0 Å². The largest absolute Gasteiger partial charge is 0.452 e. The monoisotopic (exact) mass is 465 g/mol. The fourth-order valence-electron chi connectivity index (χ4n) is 2.87. The second kappa shape index (κ2) is 9.98. The van der Waals surface area contributed by atoms with E-state index in [9.17, 15) is 14.4 Å². The van der Waals surface area contributed by atoms with Crippen LogP contribution in [0.25, 0.3) is 0 Å². The van der Waals surface area contributed by atoms with Crippen LogP contribution in [-0.2, 0) is 16.1 Å². The number of halogens is 1. The molecule has 0 atom stereocenters. The number of benzene rings is 3. The summed E-state index contributed by atoms with van der Waals surface area (Å²) in [7, 11) is 1.64. The van der Waals surface area contributed by atoms with E-state index in [1.165, 1.54) is 11.0 Å². The van der Waals surface area contributed by atoms with Crippen molar-refractivity contribution in [3.8, 4) is 0 Å². The fourth-order valence-corrected chi connectivity index (χ4v) is 3.14. The molecule has 0 heterocycles. The van der Waals surface area contributed by atoms with E-state index in [4.69, 9.17) is 4.74 Å². The Labute approximate surface area is 183 Å². The average molecular weight is 466 g/mol. The second-order valence-corrected chi connectivity index (χ2v) is 7.61. The summed E-state index contributed by atoms with van der Waals surface area (Å²) in [5.41, 5.74) is 1.81. The van der Waals surface area contributed by atoms with E-state index >= 15 is 0 Å². The van der Waals surface area contributed by atoms with Crippen LogP contribution in [0.5, 0.6) is 0 Å². The van der Waals surface area contributed by atoms with Crippen LogP contribution < -0.4 is 0 Å². The van der Waals surface area contributed by atoms with Gasteiger partial charge in [-0.05, 0) is 23.8 Å². The predicted molar refractivity (Wildman–Crippen MR) is 117 cm³/mol. The highest BCUT2D eigenvalue weighted by Crippen LogP contribution is 2.16. The third-order valence-corrected chi connectivity index (χ3v) is 5.04. The molecule has 0 aliphatic rings. The minimum atomic E-state index is -0.708. The molecule has 0 aromatic heterocycles. The first-order valence-electron chi connectivity index (χ1n) is 9.30. The number of ketones is 1. The van der Waals surface area contributed by atoms with Gasteiger partial charge in [-0.2, -0.15) is 0 Å². The Kier molecular flexibility index (Phi) is 7.14. The highest BCUT2D eigenvalue weighted by Gasteiger charge is 2.20. The van der Waals surface area contributed by atoms with Gasteiger partial charge in [0.1, 0.15) is 0 Å². The Bertz CT molecular complexity index is 1050. The minimum Gasteiger partial charge on any atom is -0.452 e. The van der Waals surface area contributed by atoms with Crippen LogP contribution in [0.3, 0.4) is 0 Å². The van der Waals surface area contributed by atoms with Gasteiger partial charge in [0.25, 0.3) is 5.91 Å². The Morgan fingerprint density at radius 3 is 2.10 bits per heavy atom. The number of ether oxygens (including phenoxy) is 1. The molecule has 3 aromatic rings. The Morgan fingerprint density at radius 2 is 1.43 bits per heavy atom. The van der Waals surface area contributed by atoms with Crippen molar-refractivity contribution in [1.29, 1.82) is 0 Å². The molecular weight excluding hydrogens is 446 g/mol. The zero-order valence-corrected chi connectivity index (χ0v) is 18.0. The van der Waals surface area contributed by atoms with Crippen LogP contribution in [-0.4, -0.2) is 36.2 Å². The Morgan fingerprint density at radius 1 is 0.833 bits per heavy atom. The second-order valence-electron chi connectivity index (χ2n) is 6.69. The van der Waals surface area contributed by atoms with Crippen LogP contribution in [0, 0.1) is 0 Å². The van der Waals surface area contributed by atoms with Crippen LogP contribution in [0.15, 0.2) is 83.3 Å². The first-order chi connectivity index (χ1) is 14.5. The lowest BCUT2D eigenvalue weighted by Gasteiger charge is -2.17. The summed E-state index contributed by atoms with van der Waals surface area (Å²) in [6.07, 6.45) is 0. The van der Waals surface area contributed by atoms with Gasteiger partial charge in [0.05, 0.1) is 5.56 Å². The van der Waals surface area contributed by atoms with Crippen molar-refractivity contribution >= 4 is 33.6 Å². The van der Waals surface area contributed by atoms with Crippen LogP contribution in [0.4, 0.5) is 0 Å². The van der Waals surface area contributed by atoms with E-state index in [0.717, 1.165) is 10.0 Å². The van der Waals surface area contributed by atoms with Crippen LogP contribution in [0.2, 0.25) is 0 Å². The van der Waals surface area contributed by atoms with Gasteiger partial charge in [-0.15, -0.1) is 0 Å². The average Bonchev–Trinajstić information content (AvgIpc) is 2.78. The molecule has 6 heteroatoms. The molecule has 0 bridgehead atoms. The molecule has 0 N–H and O–H groups in total. The standard InChI is InChI=1S/C24H20BrNO4/c1-26(15-17-11-13-19(25)14-12-17)22(27)16-30-24(29)21-10-6-5-9-20(21)23(28)18-7-3-2-4-8-18/h2-14H,15-16H2,1H3. The van der Waals surface area contributed by atoms with Crippen molar-refractivity contribution in [2.75, 3.05) is 13.7 Å². The molecule has 3 rings (SSSR count). The van der Waals surface area contributed by atoms with Gasteiger partial charge >= 0.3 is 5.97 Å². The summed E-state index contributed by atoms with van der Waals surface area (Å²) in [6, 6.07) is 22.7. The van der Waals surface area contributed by atoms with Gasteiger partial charge in [0, 0.05) is 29.2 Å². The van der Waals surface area contributed by atoms with Crippen molar-refractivity contribution in [1.82, 2.24) is 4.90 Å². The fraction of sp³-hybridized carbons (Fsp3) is 0.125. The van der Waals surface area contributed by atoms with Crippen molar-refractivity contribution in [3.63, 3.8) is 0 Å². The van der Waals surface area contributed by atoms with E-state index in [1.807, 2.05) is 30.3 Å². The summed E-state index contributed by atoms with van der Waals surface area (Å²) in [5, 5.41) is 0. The van der Waals surface area contributed by atoms with Crippen molar-refractivity contribution in [2.45, 2.75) is 6.54 Å². The molecule has 30 heavy (non-hydrogen) atoms. The number of hydrogen-bond donors (Lipinski definition) is 0. The first-order valence-corrected chi connectivity index (χ1v) is 10.1. The SMILES string of the molecule is CN(Cc1ccc(Br)cc1)C(=O)COC(=O)c1ccccc1C(=O)c1ccccc1. The highest BCUT2D eigenvalue weighted by molar-refractivity contribution is 9.10. The molecule has 0 aliphatic carbocycles. The van der Waals surface area contributed by atoms with Crippen molar-refractivity contribution < 1.29 is 19.1 Å². The van der Waals surface area contributed by atoms with Crippen molar-refractivity contribution in [3.05, 3.63) is 106 Å². The van der Waals surface area contributed by atoms with Crippen LogP contribution >= 0.6 is 15.9 Å². The van der Waals surface area contributed by atoms with E-state index in [0.29, 0.717) is 12.1 Å². The summed E-state index contributed by atoms with van der Waals surface area (Å²) in [4.78, 5) is 39.2. The van der Waals surface area contributed by atoms with Gasteiger partial charge in [-0.1, -0.05) is 76.6 Å². The zero-order chi connectivity index (χ0) is 21.5. The molecule has 0 aliphatic heterocycles. The van der Waals surface area contributed by atoms with Gasteiger partial charge in [0.15, 0.2) is 12.4 Å². The van der Waals surface area contributed by atoms with Gasteiger partial charge < -0.3 is 9.64 Å². The maximum Gasteiger partial charge on any atom is 0.339 e. The maximum atomic E-state index is 12.8. The van der Waals surface area contributed by atoms with Gasteiger partial charge in [0.2, 0.25) is 0 Å².